The largest absolute Gasteiger partial charge is 0.399 e. The van der Waals surface area contributed by atoms with Crippen LogP contribution >= 0.6 is 11.3 Å². The number of nitrogen functional groups attached to an aromatic ring is 1. The first-order chi connectivity index (χ1) is 9.72. The van der Waals surface area contributed by atoms with E-state index in [1.807, 2.05) is 28.8 Å². The van der Waals surface area contributed by atoms with Gasteiger partial charge in [-0.25, -0.2) is 0 Å². The minimum absolute atomic E-state index is 0.409. The Bertz CT molecular complexity index is 709. The summed E-state index contributed by atoms with van der Waals surface area (Å²) in [5.74, 6) is 1.37. The van der Waals surface area contributed by atoms with Crippen molar-refractivity contribution in [2.45, 2.75) is 32.6 Å². The van der Waals surface area contributed by atoms with Crippen LogP contribution in [0.5, 0.6) is 0 Å². The van der Waals surface area contributed by atoms with Crippen LogP contribution in [-0.4, -0.2) is 19.8 Å². The maximum Gasteiger partial charge on any atom is 0.234 e. The summed E-state index contributed by atoms with van der Waals surface area (Å²) < 4.78 is 1.88. The van der Waals surface area contributed by atoms with Gasteiger partial charge in [0.2, 0.25) is 4.96 Å². The molecule has 0 bridgehead atoms. The summed E-state index contributed by atoms with van der Waals surface area (Å²) >= 11 is 1.55. The third-order valence-electron chi connectivity index (χ3n) is 3.52. The quantitative estimate of drug-likeness (QED) is 0.747. The van der Waals surface area contributed by atoms with Gasteiger partial charge < -0.3 is 5.73 Å². The van der Waals surface area contributed by atoms with E-state index < -0.39 is 0 Å². The van der Waals surface area contributed by atoms with Crippen molar-refractivity contribution in [3.63, 3.8) is 0 Å². The first-order valence-electron chi connectivity index (χ1n) is 6.81. The Morgan fingerprint density at radius 3 is 2.50 bits per heavy atom. The monoisotopic (exact) mass is 287 g/mol. The van der Waals surface area contributed by atoms with Crippen molar-refractivity contribution in [2.24, 2.45) is 0 Å². The number of nitrogens with two attached hydrogens (primary N) is 1. The fourth-order valence-electron chi connectivity index (χ4n) is 2.28. The van der Waals surface area contributed by atoms with Crippen LogP contribution in [0.4, 0.5) is 5.69 Å². The highest BCUT2D eigenvalue weighted by molar-refractivity contribution is 7.19. The molecule has 0 aliphatic heterocycles. The highest BCUT2D eigenvalue weighted by Gasteiger charge is 2.18. The first-order valence-corrected chi connectivity index (χ1v) is 7.62. The van der Waals surface area contributed by atoms with Gasteiger partial charge in [0.15, 0.2) is 5.82 Å². The Morgan fingerprint density at radius 1 is 1.15 bits per heavy atom. The van der Waals surface area contributed by atoms with Gasteiger partial charge in [0, 0.05) is 17.2 Å². The van der Waals surface area contributed by atoms with Gasteiger partial charge in [0.05, 0.1) is 0 Å². The zero-order valence-corrected chi connectivity index (χ0v) is 12.4. The molecular formula is C14H17N5S. The summed E-state index contributed by atoms with van der Waals surface area (Å²) in [4.78, 5) is 0.846. The number of nitrogens with zero attached hydrogens (tertiary/aromatic N) is 4. The number of hydrogen-bond donors (Lipinski definition) is 1. The van der Waals surface area contributed by atoms with Gasteiger partial charge in [-0.3, -0.25) is 0 Å². The smallest absolute Gasteiger partial charge is 0.234 e. The van der Waals surface area contributed by atoms with E-state index >= 15 is 0 Å². The zero-order chi connectivity index (χ0) is 14.1. The summed E-state index contributed by atoms with van der Waals surface area (Å²) in [6.45, 7) is 4.34. The second kappa shape index (κ2) is 5.20. The molecule has 5 nitrogen and oxygen atoms in total. The Balaban J connectivity index is 2.05. The van der Waals surface area contributed by atoms with Crippen molar-refractivity contribution in [3.05, 3.63) is 30.1 Å². The molecule has 3 aromatic rings. The summed E-state index contributed by atoms with van der Waals surface area (Å²) in [7, 11) is 0. The number of rotatable bonds is 4. The van der Waals surface area contributed by atoms with E-state index in [1.54, 1.807) is 11.3 Å². The minimum Gasteiger partial charge on any atom is -0.399 e. The summed E-state index contributed by atoms with van der Waals surface area (Å²) in [6, 6.07) is 7.74. The van der Waals surface area contributed by atoms with Crippen LogP contribution in [0.15, 0.2) is 24.3 Å². The van der Waals surface area contributed by atoms with Gasteiger partial charge in [-0.15, -0.1) is 10.2 Å². The Morgan fingerprint density at radius 2 is 1.85 bits per heavy atom. The molecule has 2 aromatic heterocycles. The van der Waals surface area contributed by atoms with Crippen LogP contribution in [0, 0.1) is 0 Å². The summed E-state index contributed by atoms with van der Waals surface area (Å²) in [5, 5.41) is 14.1. The number of benzene rings is 1. The normalized spacial score (nSPS) is 11.6. The van der Waals surface area contributed by atoms with Crippen LogP contribution in [0.3, 0.4) is 0 Å². The SMILES string of the molecule is CCC(CC)c1nnc2sc(-c3ccc(N)cc3)nn12. The van der Waals surface area contributed by atoms with E-state index in [4.69, 9.17) is 5.73 Å². The number of aromatic nitrogens is 4. The number of anilines is 1. The van der Waals surface area contributed by atoms with Gasteiger partial charge >= 0.3 is 0 Å². The second-order valence-electron chi connectivity index (χ2n) is 4.80. The van der Waals surface area contributed by atoms with Crippen molar-refractivity contribution in [1.82, 2.24) is 19.8 Å². The first kappa shape index (κ1) is 13.1. The molecule has 1 aromatic carbocycles. The highest BCUT2D eigenvalue weighted by atomic mass is 32.1. The molecule has 0 atom stereocenters. The maximum atomic E-state index is 5.72. The van der Waals surface area contributed by atoms with E-state index in [9.17, 15) is 0 Å². The molecule has 20 heavy (non-hydrogen) atoms. The molecule has 0 fully saturated rings. The third kappa shape index (κ3) is 2.16. The van der Waals surface area contributed by atoms with Crippen molar-refractivity contribution < 1.29 is 0 Å². The lowest BCUT2D eigenvalue weighted by Crippen LogP contribution is -2.03. The van der Waals surface area contributed by atoms with Crippen LogP contribution in [-0.2, 0) is 0 Å². The maximum absolute atomic E-state index is 5.72. The number of fused-ring (bicyclic) bond motifs is 1. The predicted octanol–water partition coefficient (Wildman–Crippen LogP) is 3.34. The van der Waals surface area contributed by atoms with Crippen molar-refractivity contribution in [2.75, 3.05) is 5.73 Å². The average Bonchev–Trinajstić information content (AvgIpc) is 3.03. The molecule has 0 spiro atoms. The molecule has 3 rings (SSSR count). The summed E-state index contributed by atoms with van der Waals surface area (Å²) in [6.07, 6.45) is 2.10. The van der Waals surface area contributed by atoms with Gasteiger partial charge in [0.1, 0.15) is 5.01 Å². The molecule has 6 heteroatoms. The molecule has 2 heterocycles. The molecule has 0 radical (unpaired) electrons. The Kier molecular flexibility index (Phi) is 3.40. The lowest BCUT2D eigenvalue weighted by Gasteiger charge is -2.07. The second-order valence-corrected chi connectivity index (χ2v) is 5.75. The molecule has 2 N–H and O–H groups in total. The van der Waals surface area contributed by atoms with E-state index in [-0.39, 0.29) is 0 Å². The van der Waals surface area contributed by atoms with Crippen LogP contribution in [0.25, 0.3) is 15.5 Å². The van der Waals surface area contributed by atoms with Crippen LogP contribution < -0.4 is 5.73 Å². The molecule has 0 aliphatic rings. The lowest BCUT2D eigenvalue weighted by molar-refractivity contribution is 0.584. The molecular weight excluding hydrogens is 270 g/mol. The third-order valence-corrected chi connectivity index (χ3v) is 4.47. The average molecular weight is 287 g/mol. The Hall–Kier alpha value is -1.95. The van der Waals surface area contributed by atoms with Gasteiger partial charge in [-0.2, -0.15) is 9.61 Å². The van der Waals surface area contributed by atoms with Crippen molar-refractivity contribution in [3.8, 4) is 10.6 Å². The zero-order valence-electron chi connectivity index (χ0n) is 11.6. The molecule has 104 valence electrons. The predicted molar refractivity (Wildman–Crippen MR) is 81.8 cm³/mol. The van der Waals surface area contributed by atoms with Crippen LogP contribution in [0.2, 0.25) is 0 Å². The summed E-state index contributed by atoms with van der Waals surface area (Å²) in [5.41, 5.74) is 7.53. The van der Waals surface area contributed by atoms with Crippen molar-refractivity contribution >= 4 is 22.0 Å². The van der Waals surface area contributed by atoms with Gasteiger partial charge in [0.25, 0.3) is 0 Å². The van der Waals surface area contributed by atoms with E-state index in [0.29, 0.717) is 5.92 Å². The topological polar surface area (TPSA) is 69.1 Å². The highest BCUT2D eigenvalue weighted by Crippen LogP contribution is 2.29. The molecule has 0 aliphatic carbocycles. The fourth-order valence-corrected chi connectivity index (χ4v) is 3.13. The van der Waals surface area contributed by atoms with Crippen molar-refractivity contribution in [1.29, 1.82) is 0 Å². The standard InChI is InChI=1S/C14H17N5S/c1-3-9(4-2)12-16-17-14-19(12)18-13(20-14)10-5-7-11(15)8-6-10/h5-9H,3-4,15H2,1-2H3. The van der Waals surface area contributed by atoms with Gasteiger partial charge in [-0.05, 0) is 37.1 Å². The minimum atomic E-state index is 0.409. The molecule has 0 saturated heterocycles. The number of hydrogen-bond acceptors (Lipinski definition) is 5. The molecule has 0 amide bonds. The van der Waals surface area contributed by atoms with E-state index in [1.165, 1.54) is 0 Å². The van der Waals surface area contributed by atoms with E-state index in [0.717, 1.165) is 39.9 Å². The molecule has 0 unspecified atom stereocenters. The van der Waals surface area contributed by atoms with Crippen LogP contribution in [0.1, 0.15) is 38.4 Å². The lowest BCUT2D eigenvalue weighted by atomic mass is 10.0. The van der Waals surface area contributed by atoms with Gasteiger partial charge in [-0.1, -0.05) is 25.2 Å². The fraction of sp³-hybridized carbons (Fsp3) is 0.357. The Labute approximate surface area is 121 Å². The molecule has 0 saturated carbocycles. The van der Waals surface area contributed by atoms with E-state index in [2.05, 4.69) is 29.1 Å².